The third kappa shape index (κ3) is 2.52. The van der Waals surface area contributed by atoms with Crippen LogP contribution in [0.1, 0.15) is 21.6 Å². The van der Waals surface area contributed by atoms with Gasteiger partial charge in [-0.2, -0.15) is 10.4 Å². The second-order valence-electron chi connectivity index (χ2n) is 3.81. The maximum Gasteiger partial charge on any atom is 0.272 e. The Kier molecular flexibility index (Phi) is 3.34. The summed E-state index contributed by atoms with van der Waals surface area (Å²) in [5.41, 5.74) is 1.67. The van der Waals surface area contributed by atoms with Gasteiger partial charge in [0.25, 0.3) is 5.91 Å². The zero-order chi connectivity index (χ0) is 13.0. The van der Waals surface area contributed by atoms with Crippen molar-refractivity contribution in [3.05, 3.63) is 47.5 Å². The molecule has 0 unspecified atom stereocenters. The second kappa shape index (κ2) is 5.10. The van der Waals surface area contributed by atoms with Crippen LogP contribution in [0.4, 0.5) is 0 Å². The van der Waals surface area contributed by atoms with Gasteiger partial charge >= 0.3 is 0 Å². The number of nitriles is 1. The molecule has 0 aliphatic heterocycles. The molecule has 18 heavy (non-hydrogen) atoms. The molecule has 0 spiro atoms. The fraction of sp³-hybridized carbons (Fsp3) is 0.167. The molecule has 0 aromatic carbocycles. The molecule has 6 nitrogen and oxygen atoms in total. The number of rotatable bonds is 3. The maximum absolute atomic E-state index is 12.0. The van der Waals surface area contributed by atoms with Crippen molar-refractivity contribution in [2.24, 2.45) is 0 Å². The first-order valence-corrected chi connectivity index (χ1v) is 5.30. The van der Waals surface area contributed by atoms with Gasteiger partial charge in [0, 0.05) is 31.5 Å². The van der Waals surface area contributed by atoms with E-state index < -0.39 is 0 Å². The quantitative estimate of drug-likeness (QED) is 0.866. The normalized spacial score (nSPS) is 9.78. The highest BCUT2D eigenvalue weighted by atomic mass is 16.2. The molecule has 0 atom stereocenters. The summed E-state index contributed by atoms with van der Waals surface area (Å²) in [4.78, 5) is 17.5. The van der Waals surface area contributed by atoms with E-state index in [1.807, 2.05) is 6.07 Å². The number of carbonyl (C=O) groups excluding carboxylic acids is 1. The summed E-state index contributed by atoms with van der Waals surface area (Å²) in [5.74, 6) is -0.194. The van der Waals surface area contributed by atoms with E-state index in [0.717, 1.165) is 5.56 Å². The molecule has 1 amide bonds. The minimum Gasteiger partial charge on any atom is -0.336 e. The van der Waals surface area contributed by atoms with Crippen LogP contribution in [-0.4, -0.2) is 33.0 Å². The number of H-pyrrole nitrogens is 1. The highest BCUT2D eigenvalue weighted by Gasteiger charge is 2.13. The maximum atomic E-state index is 12.0. The minimum absolute atomic E-state index is 0.194. The van der Waals surface area contributed by atoms with Gasteiger partial charge in [0.1, 0.15) is 11.8 Å². The van der Waals surface area contributed by atoms with Crippen molar-refractivity contribution < 1.29 is 4.79 Å². The molecule has 2 rings (SSSR count). The van der Waals surface area contributed by atoms with E-state index in [1.54, 1.807) is 36.5 Å². The molecule has 2 heterocycles. The van der Waals surface area contributed by atoms with Crippen LogP contribution in [0, 0.1) is 11.3 Å². The van der Waals surface area contributed by atoms with Crippen molar-refractivity contribution in [2.75, 3.05) is 7.05 Å². The van der Waals surface area contributed by atoms with Gasteiger partial charge in [-0.1, -0.05) is 0 Å². The van der Waals surface area contributed by atoms with Gasteiger partial charge in [0.05, 0.1) is 11.8 Å². The number of carbonyl (C=O) groups is 1. The Bertz CT molecular complexity index is 568. The first kappa shape index (κ1) is 11.8. The van der Waals surface area contributed by atoms with Crippen molar-refractivity contribution >= 4 is 5.91 Å². The summed E-state index contributed by atoms with van der Waals surface area (Å²) in [6.07, 6.45) is 4.78. The Labute approximate surface area is 104 Å². The molecule has 2 aromatic heterocycles. The lowest BCUT2D eigenvalue weighted by molar-refractivity contribution is 0.0779. The molecule has 0 saturated carbocycles. The zero-order valence-electron chi connectivity index (χ0n) is 9.79. The van der Waals surface area contributed by atoms with Gasteiger partial charge < -0.3 is 4.90 Å². The van der Waals surface area contributed by atoms with Crippen LogP contribution in [0.3, 0.4) is 0 Å². The van der Waals surface area contributed by atoms with Gasteiger partial charge in [0.15, 0.2) is 0 Å². The molecular weight excluding hydrogens is 230 g/mol. The Morgan fingerprint density at radius 1 is 1.50 bits per heavy atom. The molecule has 90 valence electrons. The Balaban J connectivity index is 2.08. The number of pyridine rings is 1. The third-order valence-corrected chi connectivity index (χ3v) is 2.43. The molecule has 2 aromatic rings. The summed E-state index contributed by atoms with van der Waals surface area (Å²) >= 11 is 0. The molecule has 0 radical (unpaired) electrons. The number of aromatic nitrogens is 3. The van der Waals surface area contributed by atoms with E-state index in [9.17, 15) is 4.79 Å². The SMILES string of the molecule is CN(Cc1cn[nH]c1)C(=O)c1ccc(C#N)cn1. The summed E-state index contributed by atoms with van der Waals surface area (Å²) in [6, 6.07) is 5.08. The Morgan fingerprint density at radius 3 is 2.89 bits per heavy atom. The first-order valence-electron chi connectivity index (χ1n) is 5.30. The van der Waals surface area contributed by atoms with Gasteiger partial charge in [-0.15, -0.1) is 0 Å². The fourth-order valence-corrected chi connectivity index (χ4v) is 1.49. The third-order valence-electron chi connectivity index (χ3n) is 2.43. The molecule has 0 aliphatic carbocycles. The van der Waals surface area contributed by atoms with Gasteiger partial charge in [-0.25, -0.2) is 4.98 Å². The molecular formula is C12H11N5O. The molecule has 6 heteroatoms. The molecule has 1 N–H and O–H groups in total. The average molecular weight is 241 g/mol. The van der Waals surface area contributed by atoms with Crippen LogP contribution in [0.2, 0.25) is 0 Å². The van der Waals surface area contributed by atoms with E-state index in [4.69, 9.17) is 5.26 Å². The Morgan fingerprint density at radius 2 is 2.33 bits per heavy atom. The van der Waals surface area contributed by atoms with Crippen molar-refractivity contribution in [1.29, 1.82) is 5.26 Å². The summed E-state index contributed by atoms with van der Waals surface area (Å²) in [7, 11) is 1.69. The summed E-state index contributed by atoms with van der Waals surface area (Å²) < 4.78 is 0. The average Bonchev–Trinajstić information content (AvgIpc) is 2.91. The number of amides is 1. The van der Waals surface area contributed by atoms with Crippen LogP contribution in [0.15, 0.2) is 30.7 Å². The van der Waals surface area contributed by atoms with Gasteiger partial charge in [-0.05, 0) is 12.1 Å². The standard InChI is InChI=1S/C12H11N5O/c1-17(8-10-6-15-16-7-10)12(18)11-3-2-9(4-13)5-14-11/h2-3,5-7H,8H2,1H3,(H,15,16). The van der Waals surface area contributed by atoms with Crippen molar-refractivity contribution in [1.82, 2.24) is 20.1 Å². The number of aromatic amines is 1. The molecule has 0 saturated heterocycles. The fourth-order valence-electron chi connectivity index (χ4n) is 1.49. The number of hydrogen-bond acceptors (Lipinski definition) is 4. The van der Waals surface area contributed by atoms with Gasteiger partial charge in [0.2, 0.25) is 0 Å². The summed E-state index contributed by atoms with van der Waals surface area (Å²) in [5, 5.41) is 15.2. The van der Waals surface area contributed by atoms with Crippen molar-refractivity contribution in [3.63, 3.8) is 0 Å². The lowest BCUT2D eigenvalue weighted by Crippen LogP contribution is -2.26. The molecule has 0 bridgehead atoms. The number of hydrogen-bond donors (Lipinski definition) is 1. The largest absolute Gasteiger partial charge is 0.336 e. The monoisotopic (exact) mass is 241 g/mol. The number of nitrogens with zero attached hydrogens (tertiary/aromatic N) is 4. The van der Waals surface area contributed by atoms with Crippen LogP contribution >= 0.6 is 0 Å². The second-order valence-corrected chi connectivity index (χ2v) is 3.81. The highest BCUT2D eigenvalue weighted by Crippen LogP contribution is 2.06. The van der Waals surface area contributed by atoms with Gasteiger partial charge in [-0.3, -0.25) is 9.89 Å². The smallest absolute Gasteiger partial charge is 0.272 e. The lowest BCUT2D eigenvalue weighted by Gasteiger charge is -2.15. The van der Waals surface area contributed by atoms with Crippen molar-refractivity contribution in [2.45, 2.75) is 6.54 Å². The Hall–Kier alpha value is -2.68. The van der Waals surface area contributed by atoms with Crippen LogP contribution in [0.25, 0.3) is 0 Å². The minimum atomic E-state index is -0.194. The van der Waals surface area contributed by atoms with Crippen molar-refractivity contribution in [3.8, 4) is 6.07 Å². The predicted molar refractivity (Wildman–Crippen MR) is 63.3 cm³/mol. The number of nitrogens with one attached hydrogen (secondary N) is 1. The van der Waals surface area contributed by atoms with E-state index in [1.165, 1.54) is 6.20 Å². The van der Waals surface area contributed by atoms with E-state index in [-0.39, 0.29) is 5.91 Å². The van der Waals surface area contributed by atoms with Crippen LogP contribution < -0.4 is 0 Å². The highest BCUT2D eigenvalue weighted by molar-refractivity contribution is 5.92. The molecule has 0 fully saturated rings. The van der Waals surface area contributed by atoms with E-state index >= 15 is 0 Å². The summed E-state index contributed by atoms with van der Waals surface area (Å²) in [6.45, 7) is 0.455. The lowest BCUT2D eigenvalue weighted by atomic mass is 10.2. The topological polar surface area (TPSA) is 85.7 Å². The predicted octanol–water partition coefficient (Wildman–Crippen LogP) is 0.949. The van der Waals surface area contributed by atoms with E-state index in [2.05, 4.69) is 15.2 Å². The van der Waals surface area contributed by atoms with Crippen LogP contribution in [0.5, 0.6) is 0 Å². The molecule has 0 aliphatic rings. The zero-order valence-corrected chi connectivity index (χ0v) is 9.79. The van der Waals surface area contributed by atoms with E-state index in [0.29, 0.717) is 17.8 Å². The van der Waals surface area contributed by atoms with Crippen LogP contribution in [-0.2, 0) is 6.54 Å². The first-order chi connectivity index (χ1) is 8.70.